The van der Waals surface area contributed by atoms with Gasteiger partial charge in [0, 0.05) is 5.70 Å². The molecule has 1 aromatic carbocycles. The Morgan fingerprint density at radius 1 is 1.33 bits per heavy atom. The van der Waals surface area contributed by atoms with Crippen molar-refractivity contribution in [3.05, 3.63) is 36.0 Å². The molecule has 0 bridgehead atoms. The van der Waals surface area contributed by atoms with E-state index in [-0.39, 0.29) is 0 Å². The fraction of sp³-hybridized carbons (Fsp3) is 0.385. The molecular formula is C13H18N2. The van der Waals surface area contributed by atoms with Crippen LogP contribution in [-0.4, -0.2) is 0 Å². The lowest BCUT2D eigenvalue weighted by Crippen LogP contribution is -2.13. The number of anilines is 2. The summed E-state index contributed by atoms with van der Waals surface area (Å²) in [5.41, 5.74) is 9.05. The molecule has 3 N–H and O–H groups in total. The van der Waals surface area contributed by atoms with E-state index in [2.05, 4.69) is 18.3 Å². The van der Waals surface area contributed by atoms with Crippen LogP contribution >= 0.6 is 0 Å². The summed E-state index contributed by atoms with van der Waals surface area (Å²) in [4.78, 5) is 0. The Morgan fingerprint density at radius 2 is 2.13 bits per heavy atom. The zero-order valence-electron chi connectivity index (χ0n) is 9.16. The third-order valence-corrected chi connectivity index (χ3v) is 2.98. The molecule has 1 atom stereocenters. The van der Waals surface area contributed by atoms with Gasteiger partial charge in [-0.15, -0.1) is 0 Å². The van der Waals surface area contributed by atoms with E-state index in [9.17, 15) is 0 Å². The molecule has 2 heteroatoms. The minimum atomic E-state index is 0.623. The van der Waals surface area contributed by atoms with Crippen LogP contribution in [0.25, 0.3) is 0 Å². The predicted octanol–water partition coefficient (Wildman–Crippen LogP) is 3.38. The second-order valence-electron chi connectivity index (χ2n) is 4.20. The van der Waals surface area contributed by atoms with Crippen LogP contribution in [0.4, 0.5) is 11.4 Å². The van der Waals surface area contributed by atoms with E-state index in [0.717, 1.165) is 11.4 Å². The number of nitrogens with one attached hydrogen (secondary N) is 1. The normalized spacial score (nSPS) is 20.9. The molecule has 80 valence electrons. The van der Waals surface area contributed by atoms with Crippen LogP contribution in [0.2, 0.25) is 0 Å². The quantitative estimate of drug-likeness (QED) is 0.721. The molecule has 0 spiro atoms. The number of para-hydroxylation sites is 2. The SMILES string of the molecule is CC1CCCC=C1Nc1ccccc1N. The maximum atomic E-state index is 5.89. The Bertz CT molecular complexity index is 369. The van der Waals surface area contributed by atoms with Gasteiger partial charge in [0.05, 0.1) is 11.4 Å². The Labute approximate surface area is 91.2 Å². The van der Waals surface area contributed by atoms with Crippen molar-refractivity contribution in [1.82, 2.24) is 0 Å². The zero-order chi connectivity index (χ0) is 10.7. The summed E-state index contributed by atoms with van der Waals surface area (Å²) in [5, 5.41) is 3.43. The topological polar surface area (TPSA) is 38.0 Å². The van der Waals surface area contributed by atoms with Crippen LogP contribution in [0.5, 0.6) is 0 Å². The van der Waals surface area contributed by atoms with Gasteiger partial charge >= 0.3 is 0 Å². The molecule has 0 heterocycles. The number of allylic oxidation sites excluding steroid dienone is 2. The highest BCUT2D eigenvalue weighted by atomic mass is 14.9. The first-order valence-electron chi connectivity index (χ1n) is 5.59. The number of hydrogen-bond donors (Lipinski definition) is 2. The number of benzene rings is 1. The molecule has 2 rings (SSSR count). The summed E-state index contributed by atoms with van der Waals surface area (Å²) in [6.45, 7) is 2.26. The van der Waals surface area contributed by atoms with Crippen molar-refractivity contribution in [3.63, 3.8) is 0 Å². The molecule has 2 nitrogen and oxygen atoms in total. The van der Waals surface area contributed by atoms with E-state index >= 15 is 0 Å². The van der Waals surface area contributed by atoms with Gasteiger partial charge in [-0.1, -0.05) is 25.1 Å². The van der Waals surface area contributed by atoms with Crippen molar-refractivity contribution < 1.29 is 0 Å². The molecule has 0 fully saturated rings. The second-order valence-corrected chi connectivity index (χ2v) is 4.20. The molecule has 0 amide bonds. The lowest BCUT2D eigenvalue weighted by molar-refractivity contribution is 0.555. The third kappa shape index (κ3) is 2.32. The molecule has 1 aromatic rings. The molecule has 0 saturated carbocycles. The zero-order valence-corrected chi connectivity index (χ0v) is 9.16. The smallest absolute Gasteiger partial charge is 0.0615 e. The predicted molar refractivity (Wildman–Crippen MR) is 65.6 cm³/mol. The monoisotopic (exact) mass is 202 g/mol. The van der Waals surface area contributed by atoms with Crippen molar-refractivity contribution in [2.45, 2.75) is 26.2 Å². The summed E-state index contributed by atoms with van der Waals surface area (Å²) in [5.74, 6) is 0.623. The van der Waals surface area contributed by atoms with Crippen molar-refractivity contribution in [3.8, 4) is 0 Å². The van der Waals surface area contributed by atoms with Crippen LogP contribution in [0.15, 0.2) is 36.0 Å². The molecule has 1 aliphatic carbocycles. The minimum absolute atomic E-state index is 0.623. The largest absolute Gasteiger partial charge is 0.397 e. The molecule has 0 radical (unpaired) electrons. The van der Waals surface area contributed by atoms with Crippen molar-refractivity contribution in [2.24, 2.45) is 5.92 Å². The van der Waals surface area contributed by atoms with E-state index in [1.165, 1.54) is 25.0 Å². The third-order valence-electron chi connectivity index (χ3n) is 2.98. The number of hydrogen-bond acceptors (Lipinski definition) is 2. The molecule has 15 heavy (non-hydrogen) atoms. The average molecular weight is 202 g/mol. The maximum Gasteiger partial charge on any atom is 0.0615 e. The van der Waals surface area contributed by atoms with Gasteiger partial charge < -0.3 is 11.1 Å². The highest BCUT2D eigenvalue weighted by Crippen LogP contribution is 2.27. The highest BCUT2D eigenvalue weighted by Gasteiger charge is 2.13. The Hall–Kier alpha value is -1.44. The number of rotatable bonds is 2. The standard InChI is InChI=1S/C13H18N2/c1-10-6-2-4-8-12(10)15-13-9-5-3-7-11(13)14/h3,5,7-10,15H,2,4,6,14H2,1H3. The maximum absolute atomic E-state index is 5.89. The fourth-order valence-corrected chi connectivity index (χ4v) is 1.98. The summed E-state index contributed by atoms with van der Waals surface area (Å²) in [6.07, 6.45) is 6.04. The highest BCUT2D eigenvalue weighted by molar-refractivity contribution is 5.67. The summed E-state index contributed by atoms with van der Waals surface area (Å²) >= 11 is 0. The van der Waals surface area contributed by atoms with Gasteiger partial charge in [0.1, 0.15) is 0 Å². The number of nitrogens with two attached hydrogens (primary N) is 1. The van der Waals surface area contributed by atoms with Crippen molar-refractivity contribution in [2.75, 3.05) is 11.1 Å². The van der Waals surface area contributed by atoms with E-state index < -0.39 is 0 Å². The van der Waals surface area contributed by atoms with Gasteiger partial charge in [-0.2, -0.15) is 0 Å². The molecule has 0 aliphatic heterocycles. The van der Waals surface area contributed by atoms with E-state index in [1.54, 1.807) is 0 Å². The fourth-order valence-electron chi connectivity index (χ4n) is 1.98. The van der Waals surface area contributed by atoms with Crippen LogP contribution in [0.3, 0.4) is 0 Å². The van der Waals surface area contributed by atoms with Crippen molar-refractivity contribution >= 4 is 11.4 Å². The molecule has 0 aromatic heterocycles. The van der Waals surface area contributed by atoms with Gasteiger partial charge in [-0.25, -0.2) is 0 Å². The minimum Gasteiger partial charge on any atom is -0.397 e. The van der Waals surface area contributed by atoms with Crippen LogP contribution < -0.4 is 11.1 Å². The van der Waals surface area contributed by atoms with Crippen LogP contribution in [0, 0.1) is 5.92 Å². The van der Waals surface area contributed by atoms with Gasteiger partial charge in [-0.05, 0) is 37.3 Å². The van der Waals surface area contributed by atoms with E-state index in [0.29, 0.717) is 5.92 Å². The first-order valence-corrected chi connectivity index (χ1v) is 5.59. The molecule has 1 aliphatic rings. The Kier molecular flexibility index (Phi) is 2.95. The van der Waals surface area contributed by atoms with E-state index in [1.807, 2.05) is 24.3 Å². The van der Waals surface area contributed by atoms with Gasteiger partial charge in [0.2, 0.25) is 0 Å². The lowest BCUT2D eigenvalue weighted by Gasteiger charge is -2.22. The molecule has 1 unspecified atom stereocenters. The van der Waals surface area contributed by atoms with Gasteiger partial charge in [-0.3, -0.25) is 0 Å². The van der Waals surface area contributed by atoms with Gasteiger partial charge in [0.25, 0.3) is 0 Å². The lowest BCUT2D eigenvalue weighted by atomic mass is 9.94. The molecular weight excluding hydrogens is 184 g/mol. The summed E-state index contributed by atoms with van der Waals surface area (Å²) < 4.78 is 0. The first kappa shape index (κ1) is 10.1. The Morgan fingerprint density at radius 3 is 2.87 bits per heavy atom. The first-order chi connectivity index (χ1) is 7.27. The second kappa shape index (κ2) is 4.39. The van der Waals surface area contributed by atoms with Crippen LogP contribution in [-0.2, 0) is 0 Å². The Balaban J connectivity index is 2.15. The van der Waals surface area contributed by atoms with Gasteiger partial charge in [0.15, 0.2) is 0 Å². The summed E-state index contributed by atoms with van der Waals surface area (Å²) in [6, 6.07) is 7.92. The average Bonchev–Trinajstić information content (AvgIpc) is 2.24. The number of nitrogen functional groups attached to an aromatic ring is 1. The molecule has 0 saturated heterocycles. The van der Waals surface area contributed by atoms with Crippen molar-refractivity contribution in [1.29, 1.82) is 0 Å². The van der Waals surface area contributed by atoms with Crippen LogP contribution in [0.1, 0.15) is 26.2 Å². The summed E-state index contributed by atoms with van der Waals surface area (Å²) in [7, 11) is 0. The van der Waals surface area contributed by atoms with E-state index in [4.69, 9.17) is 5.73 Å².